The Kier molecular flexibility index (Phi) is 3.41. The molecule has 4 rings (SSSR count). The van der Waals surface area contributed by atoms with E-state index in [1.165, 1.54) is 4.68 Å². The lowest BCUT2D eigenvalue weighted by Gasteiger charge is -2.11. The summed E-state index contributed by atoms with van der Waals surface area (Å²) in [5, 5.41) is 16.3. The molecule has 0 aliphatic rings. The summed E-state index contributed by atoms with van der Waals surface area (Å²) in [5.74, 6) is -2.09. The molecule has 0 fully saturated rings. The van der Waals surface area contributed by atoms with Crippen molar-refractivity contribution >= 4 is 33.4 Å². The Bertz CT molecular complexity index is 1060. The van der Waals surface area contributed by atoms with Crippen LogP contribution in [0.3, 0.4) is 0 Å². The standard InChI is InChI=1S/C17H16F2N6/c1-10-13-8-11(5-6-14(13)25(24-10)9-17(2,18)19)21-16-12-4-3-7-20-15(12)22-23-16/h3-8H,9H2,1-2H3,(H2,20,21,22,23). The number of nitrogens with zero attached hydrogens (tertiary/aromatic N) is 4. The van der Waals surface area contributed by atoms with E-state index in [2.05, 4.69) is 25.6 Å². The topological polar surface area (TPSA) is 71.4 Å². The Balaban J connectivity index is 1.71. The molecule has 0 spiro atoms. The molecule has 0 radical (unpaired) electrons. The fraction of sp³-hybridized carbons (Fsp3) is 0.235. The van der Waals surface area contributed by atoms with Crippen LogP contribution in [-0.4, -0.2) is 30.9 Å². The van der Waals surface area contributed by atoms with E-state index in [-0.39, 0.29) is 0 Å². The number of alkyl halides is 2. The Morgan fingerprint density at radius 2 is 2.08 bits per heavy atom. The van der Waals surface area contributed by atoms with Gasteiger partial charge in [-0.3, -0.25) is 9.78 Å². The lowest BCUT2D eigenvalue weighted by molar-refractivity contribution is 0.00176. The highest BCUT2D eigenvalue weighted by molar-refractivity contribution is 5.91. The first kappa shape index (κ1) is 15.5. The number of fused-ring (bicyclic) bond motifs is 2. The smallest absolute Gasteiger partial charge is 0.264 e. The lowest BCUT2D eigenvalue weighted by atomic mass is 10.2. The van der Waals surface area contributed by atoms with Crippen LogP contribution in [0.2, 0.25) is 0 Å². The number of rotatable bonds is 4. The van der Waals surface area contributed by atoms with Crippen LogP contribution in [0.25, 0.3) is 21.9 Å². The second-order valence-corrected chi connectivity index (χ2v) is 6.14. The van der Waals surface area contributed by atoms with E-state index in [4.69, 9.17) is 0 Å². The van der Waals surface area contributed by atoms with Crippen LogP contribution in [-0.2, 0) is 6.54 Å². The van der Waals surface area contributed by atoms with Crippen LogP contribution >= 0.6 is 0 Å². The van der Waals surface area contributed by atoms with Gasteiger partial charge < -0.3 is 5.32 Å². The zero-order valence-electron chi connectivity index (χ0n) is 13.7. The van der Waals surface area contributed by atoms with Gasteiger partial charge in [0.05, 0.1) is 16.6 Å². The molecule has 2 N–H and O–H groups in total. The Hall–Kier alpha value is -3.03. The molecule has 6 nitrogen and oxygen atoms in total. The number of anilines is 2. The second-order valence-electron chi connectivity index (χ2n) is 6.14. The van der Waals surface area contributed by atoms with Gasteiger partial charge in [0, 0.05) is 24.2 Å². The first-order valence-corrected chi connectivity index (χ1v) is 7.82. The summed E-state index contributed by atoms with van der Waals surface area (Å²) in [7, 11) is 0. The number of aryl methyl sites for hydroxylation is 1. The number of benzene rings is 1. The molecule has 0 aliphatic heterocycles. The molecule has 0 saturated heterocycles. The normalized spacial score (nSPS) is 12.2. The Labute approximate surface area is 141 Å². The van der Waals surface area contributed by atoms with Gasteiger partial charge in [0.1, 0.15) is 12.4 Å². The molecule has 3 aromatic heterocycles. The van der Waals surface area contributed by atoms with E-state index in [0.29, 0.717) is 16.9 Å². The second kappa shape index (κ2) is 5.51. The maximum absolute atomic E-state index is 13.3. The first-order chi connectivity index (χ1) is 11.9. The molecule has 3 heterocycles. The molecule has 0 bridgehead atoms. The van der Waals surface area contributed by atoms with Gasteiger partial charge in [-0.2, -0.15) is 10.2 Å². The summed E-state index contributed by atoms with van der Waals surface area (Å²) in [6, 6.07) is 9.27. The molecular formula is C17H16F2N6. The average molecular weight is 342 g/mol. The molecule has 0 aliphatic carbocycles. The van der Waals surface area contributed by atoms with Crippen molar-refractivity contribution in [3.05, 3.63) is 42.2 Å². The van der Waals surface area contributed by atoms with Crippen molar-refractivity contribution in [2.24, 2.45) is 0 Å². The number of nitrogens with one attached hydrogen (secondary N) is 2. The number of hydrogen-bond donors (Lipinski definition) is 2. The minimum atomic E-state index is -2.82. The molecule has 0 amide bonds. The summed E-state index contributed by atoms with van der Waals surface area (Å²) in [6.07, 6.45) is 1.68. The zero-order chi connectivity index (χ0) is 17.6. The molecule has 8 heteroatoms. The third-order valence-electron chi connectivity index (χ3n) is 3.96. The maximum atomic E-state index is 13.3. The minimum absolute atomic E-state index is 0.443. The van der Waals surface area contributed by atoms with Crippen molar-refractivity contribution < 1.29 is 8.78 Å². The zero-order valence-corrected chi connectivity index (χ0v) is 13.7. The van der Waals surface area contributed by atoms with E-state index < -0.39 is 12.5 Å². The fourth-order valence-electron chi connectivity index (χ4n) is 2.89. The van der Waals surface area contributed by atoms with Crippen LogP contribution < -0.4 is 5.32 Å². The monoisotopic (exact) mass is 342 g/mol. The average Bonchev–Trinajstić information content (AvgIpc) is 3.08. The van der Waals surface area contributed by atoms with Crippen LogP contribution in [0, 0.1) is 6.92 Å². The van der Waals surface area contributed by atoms with Gasteiger partial charge in [0.2, 0.25) is 0 Å². The molecule has 1 aromatic carbocycles. The molecule has 0 saturated carbocycles. The van der Waals surface area contributed by atoms with E-state index >= 15 is 0 Å². The molecule has 25 heavy (non-hydrogen) atoms. The third kappa shape index (κ3) is 2.90. The summed E-state index contributed by atoms with van der Waals surface area (Å²) in [5.41, 5.74) is 2.83. The first-order valence-electron chi connectivity index (χ1n) is 7.82. The van der Waals surface area contributed by atoms with Gasteiger partial charge in [0.15, 0.2) is 5.65 Å². The quantitative estimate of drug-likeness (QED) is 0.588. The van der Waals surface area contributed by atoms with Crippen molar-refractivity contribution in [1.29, 1.82) is 0 Å². The van der Waals surface area contributed by atoms with Crippen molar-refractivity contribution in [3.63, 3.8) is 0 Å². The highest BCUT2D eigenvalue weighted by Crippen LogP contribution is 2.28. The summed E-state index contributed by atoms with van der Waals surface area (Å²) in [4.78, 5) is 4.18. The van der Waals surface area contributed by atoms with Crippen molar-refractivity contribution in [3.8, 4) is 0 Å². The molecule has 128 valence electrons. The van der Waals surface area contributed by atoms with Crippen molar-refractivity contribution in [2.75, 3.05) is 5.32 Å². The van der Waals surface area contributed by atoms with E-state index in [9.17, 15) is 8.78 Å². The van der Waals surface area contributed by atoms with E-state index in [1.807, 2.05) is 31.2 Å². The van der Waals surface area contributed by atoms with E-state index in [1.54, 1.807) is 12.3 Å². The summed E-state index contributed by atoms with van der Waals surface area (Å²) >= 11 is 0. The Morgan fingerprint density at radius 3 is 2.88 bits per heavy atom. The molecule has 0 atom stereocenters. The largest absolute Gasteiger partial charge is 0.340 e. The SMILES string of the molecule is Cc1nn(CC(C)(F)F)c2ccc(Nc3[nH]nc4ncccc34)cc12. The van der Waals surface area contributed by atoms with Gasteiger partial charge >= 0.3 is 0 Å². The molecule has 4 aromatic rings. The number of halogens is 2. The van der Waals surface area contributed by atoms with Crippen LogP contribution in [0.4, 0.5) is 20.3 Å². The predicted octanol–water partition coefficient (Wildman–Crippen LogP) is 4.01. The van der Waals surface area contributed by atoms with Gasteiger partial charge in [0.25, 0.3) is 5.92 Å². The number of aromatic amines is 1. The summed E-state index contributed by atoms with van der Waals surface area (Å²) < 4.78 is 28.0. The van der Waals surface area contributed by atoms with Crippen LogP contribution in [0.1, 0.15) is 12.6 Å². The summed E-state index contributed by atoms with van der Waals surface area (Å²) in [6.45, 7) is 2.26. The fourth-order valence-corrected chi connectivity index (χ4v) is 2.89. The van der Waals surface area contributed by atoms with Crippen LogP contribution in [0.5, 0.6) is 0 Å². The molecule has 0 unspecified atom stereocenters. The van der Waals surface area contributed by atoms with Crippen molar-refractivity contribution in [2.45, 2.75) is 26.3 Å². The highest BCUT2D eigenvalue weighted by Gasteiger charge is 2.24. The van der Waals surface area contributed by atoms with Gasteiger partial charge in [-0.1, -0.05) is 0 Å². The minimum Gasteiger partial charge on any atom is -0.340 e. The number of H-pyrrole nitrogens is 1. The van der Waals surface area contributed by atoms with Crippen molar-refractivity contribution in [1.82, 2.24) is 25.0 Å². The van der Waals surface area contributed by atoms with Gasteiger partial charge in [-0.15, -0.1) is 0 Å². The number of pyridine rings is 1. The van der Waals surface area contributed by atoms with Gasteiger partial charge in [-0.05, 0) is 37.3 Å². The molecular weight excluding hydrogens is 326 g/mol. The Morgan fingerprint density at radius 1 is 1.24 bits per heavy atom. The van der Waals surface area contributed by atoms with E-state index in [0.717, 1.165) is 29.2 Å². The van der Waals surface area contributed by atoms with Crippen LogP contribution in [0.15, 0.2) is 36.5 Å². The highest BCUT2D eigenvalue weighted by atomic mass is 19.3. The number of hydrogen-bond acceptors (Lipinski definition) is 4. The number of aromatic nitrogens is 5. The predicted molar refractivity (Wildman–Crippen MR) is 92.3 cm³/mol. The lowest BCUT2D eigenvalue weighted by Crippen LogP contribution is -2.20. The maximum Gasteiger partial charge on any atom is 0.264 e. The van der Waals surface area contributed by atoms with Gasteiger partial charge in [-0.25, -0.2) is 13.8 Å². The third-order valence-corrected chi connectivity index (χ3v) is 3.96.